The van der Waals surface area contributed by atoms with Crippen molar-refractivity contribution in [1.82, 2.24) is 4.90 Å². The van der Waals surface area contributed by atoms with E-state index in [9.17, 15) is 13.2 Å². The number of benzene rings is 4. The van der Waals surface area contributed by atoms with Crippen molar-refractivity contribution >= 4 is 66.6 Å². The van der Waals surface area contributed by atoms with Gasteiger partial charge in [-0.1, -0.05) is 88.2 Å². The van der Waals surface area contributed by atoms with E-state index in [1.54, 1.807) is 29.2 Å². The van der Waals surface area contributed by atoms with Gasteiger partial charge in [-0.05, 0) is 71.4 Å². The Morgan fingerprint density at radius 2 is 1.55 bits per heavy atom. The zero-order valence-electron chi connectivity index (χ0n) is 20.9. The molecule has 5 rings (SSSR count). The number of rotatable bonds is 8. The third-order valence-corrected chi connectivity index (χ3v) is 8.91. The zero-order valence-corrected chi connectivity index (χ0v) is 24.9. The Bertz CT molecular complexity index is 1700. The van der Waals surface area contributed by atoms with Gasteiger partial charge in [0.2, 0.25) is 0 Å². The standard InChI is InChI=1S/C30H22BrClN2O4S2/c31-24-11-16-27(38-40(36,37)26-14-12-25(32)13-15-26)23(17-24)18-28-29(35)34(20-22-9-5-2-6-10-22)30(39-28)33-19-21-7-3-1-4-8-21/h1-18H,19-20H2/b28-18+,33-30?. The molecule has 1 aliphatic rings. The number of halogens is 2. The van der Waals surface area contributed by atoms with Crippen LogP contribution >= 0.6 is 39.3 Å². The minimum atomic E-state index is -4.14. The van der Waals surface area contributed by atoms with Crippen LogP contribution in [-0.4, -0.2) is 24.4 Å². The molecule has 10 heteroatoms. The Balaban J connectivity index is 1.48. The van der Waals surface area contributed by atoms with Gasteiger partial charge in [0.05, 0.1) is 18.0 Å². The van der Waals surface area contributed by atoms with Gasteiger partial charge < -0.3 is 4.18 Å². The van der Waals surface area contributed by atoms with Crippen LogP contribution in [-0.2, 0) is 28.0 Å². The monoisotopic (exact) mass is 652 g/mol. The molecule has 0 radical (unpaired) electrons. The second kappa shape index (κ2) is 12.4. The maximum absolute atomic E-state index is 13.6. The van der Waals surface area contributed by atoms with Crippen molar-refractivity contribution in [2.24, 2.45) is 4.99 Å². The summed E-state index contributed by atoms with van der Waals surface area (Å²) >= 11 is 10.6. The second-order valence-corrected chi connectivity index (χ2v) is 12.7. The molecule has 0 spiro atoms. The number of thioether (sulfide) groups is 1. The molecule has 0 aliphatic carbocycles. The summed E-state index contributed by atoms with van der Waals surface area (Å²) in [6.45, 7) is 0.768. The summed E-state index contributed by atoms with van der Waals surface area (Å²) in [5.41, 5.74) is 2.41. The van der Waals surface area contributed by atoms with Gasteiger partial charge in [-0.3, -0.25) is 14.7 Å². The van der Waals surface area contributed by atoms with E-state index in [0.717, 1.165) is 11.1 Å². The maximum Gasteiger partial charge on any atom is 0.339 e. The van der Waals surface area contributed by atoms with E-state index < -0.39 is 10.1 Å². The smallest absolute Gasteiger partial charge is 0.339 e. The molecule has 1 saturated heterocycles. The van der Waals surface area contributed by atoms with Crippen molar-refractivity contribution in [3.63, 3.8) is 0 Å². The summed E-state index contributed by atoms with van der Waals surface area (Å²) in [5, 5.41) is 0.977. The van der Waals surface area contributed by atoms with Crippen LogP contribution in [0.2, 0.25) is 5.02 Å². The van der Waals surface area contributed by atoms with Crippen molar-refractivity contribution < 1.29 is 17.4 Å². The summed E-state index contributed by atoms with van der Waals surface area (Å²) < 4.78 is 32.2. The van der Waals surface area contributed by atoms with Crippen molar-refractivity contribution in [2.45, 2.75) is 18.0 Å². The molecule has 6 nitrogen and oxygen atoms in total. The van der Waals surface area contributed by atoms with Crippen LogP contribution in [0.4, 0.5) is 0 Å². The van der Waals surface area contributed by atoms with E-state index in [1.165, 1.54) is 36.0 Å². The van der Waals surface area contributed by atoms with Gasteiger partial charge in [0.25, 0.3) is 5.91 Å². The molecule has 0 unspecified atom stereocenters. The molecule has 202 valence electrons. The topological polar surface area (TPSA) is 76.0 Å². The third kappa shape index (κ3) is 6.85. The van der Waals surface area contributed by atoms with Gasteiger partial charge in [0.15, 0.2) is 5.17 Å². The molecule has 40 heavy (non-hydrogen) atoms. The van der Waals surface area contributed by atoms with Crippen molar-refractivity contribution in [1.29, 1.82) is 0 Å². The first kappa shape index (κ1) is 28.2. The van der Waals surface area contributed by atoms with Crippen LogP contribution in [0.15, 0.2) is 122 Å². The largest absolute Gasteiger partial charge is 0.378 e. The lowest BCUT2D eigenvalue weighted by Crippen LogP contribution is -2.28. The Hall–Kier alpha value is -3.37. The average Bonchev–Trinajstić information content (AvgIpc) is 3.24. The molecule has 0 N–H and O–H groups in total. The predicted molar refractivity (Wildman–Crippen MR) is 164 cm³/mol. The third-order valence-electron chi connectivity index (χ3n) is 5.87. The average molecular weight is 654 g/mol. The SMILES string of the molecule is O=C1/C(=C\c2cc(Br)ccc2OS(=O)(=O)c2ccc(Cl)cc2)SC(=NCc2ccccc2)N1Cc1ccccc1. The van der Waals surface area contributed by atoms with Gasteiger partial charge >= 0.3 is 10.1 Å². The van der Waals surface area contributed by atoms with E-state index in [1.807, 2.05) is 60.7 Å². The van der Waals surface area contributed by atoms with Crippen molar-refractivity contribution in [3.8, 4) is 5.75 Å². The number of carbonyl (C=O) groups excluding carboxylic acids is 1. The highest BCUT2D eigenvalue weighted by Crippen LogP contribution is 2.37. The van der Waals surface area contributed by atoms with Crippen LogP contribution in [0.25, 0.3) is 6.08 Å². The van der Waals surface area contributed by atoms with E-state index >= 15 is 0 Å². The first-order chi connectivity index (χ1) is 19.3. The second-order valence-electron chi connectivity index (χ2n) is 8.75. The minimum Gasteiger partial charge on any atom is -0.378 e. The van der Waals surface area contributed by atoms with E-state index in [-0.39, 0.29) is 16.6 Å². The molecule has 4 aromatic rings. The van der Waals surface area contributed by atoms with E-state index in [4.69, 9.17) is 20.8 Å². The van der Waals surface area contributed by atoms with Crippen LogP contribution in [0.5, 0.6) is 5.75 Å². The highest BCUT2D eigenvalue weighted by Gasteiger charge is 2.33. The van der Waals surface area contributed by atoms with Gasteiger partial charge in [-0.2, -0.15) is 8.42 Å². The van der Waals surface area contributed by atoms with Gasteiger partial charge in [0.1, 0.15) is 10.6 Å². The van der Waals surface area contributed by atoms with E-state index in [2.05, 4.69) is 15.9 Å². The van der Waals surface area contributed by atoms with E-state index in [0.29, 0.717) is 38.2 Å². The molecule has 4 aromatic carbocycles. The number of carbonyl (C=O) groups is 1. The summed E-state index contributed by atoms with van der Waals surface area (Å²) in [6, 6.07) is 30.1. The van der Waals surface area contributed by atoms with Crippen LogP contribution < -0.4 is 4.18 Å². The lowest BCUT2D eigenvalue weighted by molar-refractivity contribution is -0.122. The summed E-state index contributed by atoms with van der Waals surface area (Å²) in [4.78, 5) is 20.4. The number of hydrogen-bond acceptors (Lipinski definition) is 6. The summed E-state index contributed by atoms with van der Waals surface area (Å²) in [7, 11) is -4.14. The molecule has 0 atom stereocenters. The lowest BCUT2D eigenvalue weighted by atomic mass is 10.2. The Morgan fingerprint density at radius 1 is 0.900 bits per heavy atom. The maximum atomic E-state index is 13.6. The minimum absolute atomic E-state index is 0.0332. The fraction of sp³-hybridized carbons (Fsp3) is 0.0667. The number of nitrogens with zero attached hydrogens (tertiary/aromatic N) is 2. The fourth-order valence-corrected chi connectivity index (χ4v) is 6.32. The Labute approximate surface area is 250 Å². The predicted octanol–water partition coefficient (Wildman–Crippen LogP) is 7.54. The highest BCUT2D eigenvalue weighted by molar-refractivity contribution is 9.10. The lowest BCUT2D eigenvalue weighted by Gasteiger charge is -2.15. The molecule has 1 amide bonds. The summed E-state index contributed by atoms with van der Waals surface area (Å²) in [6.07, 6.45) is 1.63. The number of hydrogen-bond donors (Lipinski definition) is 0. The molecule has 1 aliphatic heterocycles. The van der Waals surface area contributed by atoms with Crippen LogP contribution in [0.1, 0.15) is 16.7 Å². The fourth-order valence-electron chi connectivity index (χ4n) is 3.89. The first-order valence-corrected chi connectivity index (χ1v) is 15.5. The van der Waals surface area contributed by atoms with Crippen LogP contribution in [0.3, 0.4) is 0 Å². The van der Waals surface area contributed by atoms with Crippen molar-refractivity contribution in [2.75, 3.05) is 0 Å². The normalized spacial score (nSPS) is 15.7. The van der Waals surface area contributed by atoms with Gasteiger partial charge in [-0.25, -0.2) is 0 Å². The number of aliphatic imine (C=N–C) groups is 1. The molecule has 1 fully saturated rings. The van der Waals surface area contributed by atoms with Gasteiger partial charge in [-0.15, -0.1) is 0 Å². The summed E-state index contributed by atoms with van der Waals surface area (Å²) in [5.74, 6) is -0.143. The van der Waals surface area contributed by atoms with Gasteiger partial charge in [0, 0.05) is 15.1 Å². The molecule has 0 saturated carbocycles. The molecular weight excluding hydrogens is 632 g/mol. The van der Waals surface area contributed by atoms with Crippen molar-refractivity contribution in [3.05, 3.63) is 134 Å². The molecule has 1 heterocycles. The van der Waals surface area contributed by atoms with Crippen LogP contribution in [0, 0.1) is 0 Å². The molecule has 0 aromatic heterocycles. The quantitative estimate of drug-likeness (QED) is 0.145. The Kier molecular flexibility index (Phi) is 8.75. The first-order valence-electron chi connectivity index (χ1n) is 12.1. The number of amides is 1. The highest BCUT2D eigenvalue weighted by atomic mass is 79.9. The number of amidine groups is 1. The molecule has 0 bridgehead atoms. The zero-order chi connectivity index (χ0) is 28.1. The molecular formula is C30H22BrClN2O4S2. The Morgan fingerprint density at radius 3 is 2.23 bits per heavy atom.